The molecule has 0 amide bonds. The molecule has 1 aromatic rings. The number of benzene rings is 1. The standard InChI is InChI=1S/C14H18O2/c1-11(9-16-10-15-2)13-8-7-12-5-3-4-6-14(12)13/h3-6,8,11H,7,9-10H2,1-2H3. The highest BCUT2D eigenvalue weighted by molar-refractivity contribution is 5.74. The van der Waals surface area contributed by atoms with E-state index in [1.165, 1.54) is 16.7 Å². The van der Waals surface area contributed by atoms with Crippen molar-refractivity contribution in [3.63, 3.8) is 0 Å². The van der Waals surface area contributed by atoms with Crippen LogP contribution in [-0.2, 0) is 15.9 Å². The third-order valence-electron chi connectivity index (χ3n) is 2.97. The van der Waals surface area contributed by atoms with Crippen LogP contribution in [0.1, 0.15) is 18.1 Å². The van der Waals surface area contributed by atoms with Crippen LogP contribution >= 0.6 is 0 Å². The lowest BCUT2D eigenvalue weighted by atomic mass is 9.96. The van der Waals surface area contributed by atoms with E-state index in [1.54, 1.807) is 7.11 Å². The maximum atomic E-state index is 5.41. The number of hydrogen-bond donors (Lipinski definition) is 0. The molecule has 16 heavy (non-hydrogen) atoms. The summed E-state index contributed by atoms with van der Waals surface area (Å²) >= 11 is 0. The lowest BCUT2D eigenvalue weighted by Crippen LogP contribution is -2.09. The Morgan fingerprint density at radius 3 is 2.94 bits per heavy atom. The number of ether oxygens (including phenoxy) is 2. The first-order valence-corrected chi connectivity index (χ1v) is 5.68. The van der Waals surface area contributed by atoms with Crippen LogP contribution < -0.4 is 0 Å². The van der Waals surface area contributed by atoms with Crippen molar-refractivity contribution in [3.8, 4) is 0 Å². The monoisotopic (exact) mass is 218 g/mol. The Hall–Kier alpha value is -1.12. The molecule has 0 spiro atoms. The third-order valence-corrected chi connectivity index (χ3v) is 2.97. The zero-order chi connectivity index (χ0) is 11.4. The van der Waals surface area contributed by atoms with Crippen LogP contribution in [0, 0.1) is 5.92 Å². The molecule has 0 heterocycles. The normalized spacial score (nSPS) is 15.8. The fraction of sp³-hybridized carbons (Fsp3) is 0.429. The van der Waals surface area contributed by atoms with Crippen molar-refractivity contribution in [2.45, 2.75) is 13.3 Å². The number of methoxy groups -OCH3 is 1. The van der Waals surface area contributed by atoms with Crippen molar-refractivity contribution in [2.75, 3.05) is 20.5 Å². The molecule has 1 atom stereocenters. The predicted molar refractivity (Wildman–Crippen MR) is 65.1 cm³/mol. The molecular weight excluding hydrogens is 200 g/mol. The summed E-state index contributed by atoms with van der Waals surface area (Å²) in [6.45, 7) is 3.29. The Kier molecular flexibility index (Phi) is 3.75. The molecular formula is C14H18O2. The van der Waals surface area contributed by atoms with Gasteiger partial charge in [0.05, 0.1) is 6.61 Å². The number of hydrogen-bond acceptors (Lipinski definition) is 2. The van der Waals surface area contributed by atoms with Crippen molar-refractivity contribution in [2.24, 2.45) is 5.92 Å². The minimum atomic E-state index is 0.374. The summed E-state index contributed by atoms with van der Waals surface area (Å²) in [4.78, 5) is 0. The quantitative estimate of drug-likeness (QED) is 0.559. The second kappa shape index (κ2) is 5.28. The molecule has 0 saturated carbocycles. The average molecular weight is 218 g/mol. The van der Waals surface area contributed by atoms with E-state index >= 15 is 0 Å². The molecule has 2 heteroatoms. The maximum absolute atomic E-state index is 5.41. The molecule has 0 bridgehead atoms. The Morgan fingerprint density at radius 2 is 2.12 bits per heavy atom. The highest BCUT2D eigenvalue weighted by atomic mass is 16.7. The Morgan fingerprint density at radius 1 is 1.31 bits per heavy atom. The van der Waals surface area contributed by atoms with Crippen LogP contribution in [0.2, 0.25) is 0 Å². The van der Waals surface area contributed by atoms with E-state index in [0.29, 0.717) is 19.3 Å². The summed E-state index contributed by atoms with van der Waals surface area (Å²) < 4.78 is 10.3. The van der Waals surface area contributed by atoms with Crippen LogP contribution in [0.25, 0.3) is 5.57 Å². The summed E-state index contributed by atoms with van der Waals surface area (Å²) in [5.74, 6) is 0.429. The highest BCUT2D eigenvalue weighted by Gasteiger charge is 2.18. The highest BCUT2D eigenvalue weighted by Crippen LogP contribution is 2.32. The van der Waals surface area contributed by atoms with Gasteiger partial charge in [-0.05, 0) is 23.1 Å². The largest absolute Gasteiger partial charge is 0.359 e. The van der Waals surface area contributed by atoms with Gasteiger partial charge in [0.2, 0.25) is 0 Å². The molecule has 0 saturated heterocycles. The van der Waals surface area contributed by atoms with Gasteiger partial charge in [0.25, 0.3) is 0 Å². The summed E-state index contributed by atoms with van der Waals surface area (Å²) in [5, 5.41) is 0. The van der Waals surface area contributed by atoms with Crippen LogP contribution in [0.5, 0.6) is 0 Å². The van der Waals surface area contributed by atoms with Gasteiger partial charge in [0.1, 0.15) is 6.79 Å². The van der Waals surface area contributed by atoms with Gasteiger partial charge in [0.15, 0.2) is 0 Å². The molecule has 2 rings (SSSR count). The van der Waals surface area contributed by atoms with Crippen molar-refractivity contribution in [3.05, 3.63) is 41.5 Å². The smallest absolute Gasteiger partial charge is 0.146 e. The van der Waals surface area contributed by atoms with Crippen molar-refractivity contribution in [1.82, 2.24) is 0 Å². The van der Waals surface area contributed by atoms with E-state index in [-0.39, 0.29) is 0 Å². The number of allylic oxidation sites excluding steroid dienone is 1. The fourth-order valence-corrected chi connectivity index (χ4v) is 2.17. The van der Waals surface area contributed by atoms with Gasteiger partial charge < -0.3 is 9.47 Å². The zero-order valence-corrected chi connectivity index (χ0v) is 9.90. The molecule has 0 aromatic heterocycles. The number of fused-ring (bicyclic) bond motifs is 1. The van der Waals surface area contributed by atoms with E-state index in [2.05, 4.69) is 37.3 Å². The SMILES string of the molecule is COCOCC(C)C1=CCc2ccccc21. The second-order valence-corrected chi connectivity index (χ2v) is 4.20. The summed E-state index contributed by atoms with van der Waals surface area (Å²) in [7, 11) is 1.65. The maximum Gasteiger partial charge on any atom is 0.146 e. The minimum Gasteiger partial charge on any atom is -0.359 e. The molecule has 0 aliphatic heterocycles. The first kappa shape index (κ1) is 11.4. The summed E-state index contributed by atoms with van der Waals surface area (Å²) in [5.41, 5.74) is 4.22. The van der Waals surface area contributed by atoms with E-state index in [0.717, 1.165) is 6.42 Å². The first-order chi connectivity index (χ1) is 7.83. The van der Waals surface area contributed by atoms with Gasteiger partial charge in [-0.25, -0.2) is 0 Å². The van der Waals surface area contributed by atoms with E-state index in [1.807, 2.05) is 0 Å². The van der Waals surface area contributed by atoms with Crippen LogP contribution in [0.3, 0.4) is 0 Å². The van der Waals surface area contributed by atoms with Gasteiger partial charge in [-0.1, -0.05) is 37.3 Å². The van der Waals surface area contributed by atoms with E-state index < -0.39 is 0 Å². The molecule has 0 radical (unpaired) electrons. The van der Waals surface area contributed by atoms with Gasteiger partial charge in [-0.2, -0.15) is 0 Å². The Bertz CT molecular complexity index is 382. The molecule has 86 valence electrons. The van der Waals surface area contributed by atoms with Gasteiger partial charge in [-0.15, -0.1) is 0 Å². The first-order valence-electron chi connectivity index (χ1n) is 5.68. The van der Waals surface area contributed by atoms with Gasteiger partial charge in [0, 0.05) is 13.0 Å². The Balaban J connectivity index is 2.01. The van der Waals surface area contributed by atoms with Crippen LogP contribution in [-0.4, -0.2) is 20.5 Å². The lowest BCUT2D eigenvalue weighted by molar-refractivity contribution is -0.0362. The summed E-state index contributed by atoms with van der Waals surface area (Å²) in [6, 6.07) is 8.59. The molecule has 1 aliphatic carbocycles. The third kappa shape index (κ3) is 2.34. The summed E-state index contributed by atoms with van der Waals surface area (Å²) in [6.07, 6.45) is 3.37. The molecule has 1 unspecified atom stereocenters. The second-order valence-electron chi connectivity index (χ2n) is 4.20. The van der Waals surface area contributed by atoms with Gasteiger partial charge in [-0.3, -0.25) is 0 Å². The molecule has 0 N–H and O–H groups in total. The van der Waals surface area contributed by atoms with Crippen molar-refractivity contribution < 1.29 is 9.47 Å². The van der Waals surface area contributed by atoms with Gasteiger partial charge >= 0.3 is 0 Å². The van der Waals surface area contributed by atoms with Crippen LogP contribution in [0.4, 0.5) is 0 Å². The topological polar surface area (TPSA) is 18.5 Å². The molecule has 0 fully saturated rings. The molecule has 2 nitrogen and oxygen atoms in total. The lowest BCUT2D eigenvalue weighted by Gasteiger charge is -2.14. The van der Waals surface area contributed by atoms with Crippen LogP contribution in [0.15, 0.2) is 30.3 Å². The molecule has 1 aromatic carbocycles. The Labute approximate surface area is 96.9 Å². The molecule has 1 aliphatic rings. The minimum absolute atomic E-state index is 0.374. The zero-order valence-electron chi connectivity index (χ0n) is 9.90. The predicted octanol–water partition coefficient (Wildman–Crippen LogP) is 2.88. The van der Waals surface area contributed by atoms with E-state index in [9.17, 15) is 0 Å². The van der Waals surface area contributed by atoms with E-state index in [4.69, 9.17) is 9.47 Å². The number of rotatable bonds is 5. The van der Waals surface area contributed by atoms with Crippen molar-refractivity contribution >= 4 is 5.57 Å². The fourth-order valence-electron chi connectivity index (χ4n) is 2.17. The van der Waals surface area contributed by atoms with Crippen molar-refractivity contribution in [1.29, 1.82) is 0 Å². The average Bonchev–Trinajstić information content (AvgIpc) is 2.73.